The van der Waals surface area contributed by atoms with Crippen molar-refractivity contribution in [2.24, 2.45) is 5.92 Å². The highest BCUT2D eigenvalue weighted by atomic mass is 16.5. The Hall–Kier alpha value is -3.04. The van der Waals surface area contributed by atoms with Crippen LogP contribution in [0.4, 0.5) is 5.82 Å². The van der Waals surface area contributed by atoms with E-state index in [1.165, 1.54) is 0 Å². The van der Waals surface area contributed by atoms with E-state index < -0.39 is 0 Å². The van der Waals surface area contributed by atoms with E-state index in [2.05, 4.69) is 22.2 Å². The number of methoxy groups -OCH3 is 1. The second-order valence-corrected chi connectivity index (χ2v) is 8.09. The van der Waals surface area contributed by atoms with Crippen molar-refractivity contribution in [3.05, 3.63) is 40.8 Å². The fraction of sp³-hybridized carbons (Fsp3) is 0.500. The smallest absolute Gasteiger partial charge is 0.295 e. The van der Waals surface area contributed by atoms with Crippen LogP contribution in [0.3, 0.4) is 0 Å². The average Bonchev–Trinajstić information content (AvgIpc) is 2.87. The quantitative estimate of drug-likeness (QED) is 0.468. The lowest BCUT2D eigenvalue weighted by atomic mass is 10.0. The zero-order valence-electron chi connectivity index (χ0n) is 19.2. The molecular weight excluding hydrogens is 422 g/mol. The first-order valence-electron chi connectivity index (χ1n) is 11.5. The molecule has 0 amide bonds. The molecule has 1 aliphatic rings. The van der Waals surface area contributed by atoms with Gasteiger partial charge in [0.25, 0.3) is 5.56 Å². The summed E-state index contributed by atoms with van der Waals surface area (Å²) in [5.41, 5.74) is 2.55. The van der Waals surface area contributed by atoms with Crippen LogP contribution in [0, 0.1) is 5.92 Å². The number of aromatic nitrogens is 4. The van der Waals surface area contributed by atoms with Crippen molar-refractivity contribution in [2.45, 2.75) is 32.7 Å². The summed E-state index contributed by atoms with van der Waals surface area (Å²) in [6.45, 7) is 5.79. The highest BCUT2D eigenvalue weighted by Crippen LogP contribution is 2.22. The molecule has 1 N–H and O–H groups in total. The summed E-state index contributed by atoms with van der Waals surface area (Å²) in [6.07, 6.45) is 4.61. The summed E-state index contributed by atoms with van der Waals surface area (Å²) >= 11 is 0. The number of ether oxygens (including phenoxy) is 3. The molecule has 0 aliphatic carbocycles. The summed E-state index contributed by atoms with van der Waals surface area (Å²) in [5.74, 6) is 1.36. The third kappa shape index (κ3) is 5.66. The van der Waals surface area contributed by atoms with Crippen molar-refractivity contribution in [1.82, 2.24) is 19.5 Å². The van der Waals surface area contributed by atoms with Gasteiger partial charge in [0, 0.05) is 44.2 Å². The number of pyridine rings is 2. The summed E-state index contributed by atoms with van der Waals surface area (Å²) < 4.78 is 17.9. The number of hydrogen-bond acceptors (Lipinski definition) is 8. The van der Waals surface area contributed by atoms with E-state index in [1.807, 2.05) is 18.2 Å². The van der Waals surface area contributed by atoms with Gasteiger partial charge in [-0.2, -0.15) is 0 Å². The normalized spacial score (nSPS) is 14.5. The lowest BCUT2D eigenvalue weighted by molar-refractivity contribution is 0.0699. The van der Waals surface area contributed by atoms with Crippen molar-refractivity contribution in [3.8, 4) is 17.1 Å². The average molecular weight is 454 g/mol. The van der Waals surface area contributed by atoms with Gasteiger partial charge in [0.2, 0.25) is 5.88 Å². The van der Waals surface area contributed by atoms with Crippen LogP contribution in [0.1, 0.15) is 26.2 Å². The second kappa shape index (κ2) is 11.2. The Morgan fingerprint density at radius 1 is 1.15 bits per heavy atom. The van der Waals surface area contributed by atoms with Gasteiger partial charge in [-0.3, -0.25) is 9.36 Å². The number of anilines is 1. The molecule has 0 atom stereocenters. The van der Waals surface area contributed by atoms with Crippen molar-refractivity contribution in [3.63, 3.8) is 0 Å². The highest BCUT2D eigenvalue weighted by molar-refractivity contribution is 5.76. The first-order valence-corrected chi connectivity index (χ1v) is 11.5. The number of nitrogens with one attached hydrogen (secondary N) is 1. The van der Waals surface area contributed by atoms with Gasteiger partial charge in [-0.05, 0) is 43.4 Å². The maximum absolute atomic E-state index is 13.3. The molecule has 4 rings (SSSR count). The van der Waals surface area contributed by atoms with E-state index in [4.69, 9.17) is 19.2 Å². The van der Waals surface area contributed by atoms with Crippen LogP contribution < -0.4 is 15.6 Å². The van der Waals surface area contributed by atoms with Gasteiger partial charge in [0.05, 0.1) is 26.0 Å². The minimum atomic E-state index is -0.188. The summed E-state index contributed by atoms with van der Waals surface area (Å²) in [7, 11) is 1.58. The predicted molar refractivity (Wildman–Crippen MR) is 127 cm³/mol. The highest BCUT2D eigenvalue weighted by Gasteiger charge is 2.17. The topological polar surface area (TPSA) is 100 Å². The van der Waals surface area contributed by atoms with E-state index >= 15 is 0 Å². The molecular formula is C24H31N5O4. The maximum atomic E-state index is 13.3. The van der Waals surface area contributed by atoms with Gasteiger partial charge in [-0.1, -0.05) is 6.92 Å². The fourth-order valence-corrected chi connectivity index (χ4v) is 3.85. The zero-order valence-corrected chi connectivity index (χ0v) is 19.2. The molecule has 1 fully saturated rings. The Balaban J connectivity index is 1.66. The molecule has 9 heteroatoms. The summed E-state index contributed by atoms with van der Waals surface area (Å²) in [4.78, 5) is 27.0. The van der Waals surface area contributed by atoms with Crippen LogP contribution in [0.5, 0.6) is 5.88 Å². The molecule has 1 aliphatic heterocycles. The van der Waals surface area contributed by atoms with E-state index in [9.17, 15) is 4.79 Å². The standard InChI is InChI=1S/C24H31N5O4/c1-3-11-32-14-10-29-23-20(6-5-19(28-23)18-4-7-21(31-2)25-16-18)27-22(24(29)30)26-15-17-8-12-33-13-9-17/h4-7,16-17H,3,8-15H2,1-2H3,(H,26,27). The van der Waals surface area contributed by atoms with Crippen molar-refractivity contribution < 1.29 is 14.2 Å². The van der Waals surface area contributed by atoms with Gasteiger partial charge in [-0.15, -0.1) is 0 Å². The third-order valence-electron chi connectivity index (χ3n) is 5.74. The van der Waals surface area contributed by atoms with E-state index in [1.54, 1.807) is 23.9 Å². The number of hydrogen-bond donors (Lipinski definition) is 1. The van der Waals surface area contributed by atoms with Gasteiger partial charge in [0.15, 0.2) is 11.5 Å². The monoisotopic (exact) mass is 453 g/mol. The van der Waals surface area contributed by atoms with Crippen LogP contribution in [0.15, 0.2) is 35.3 Å². The predicted octanol–water partition coefficient (Wildman–Crippen LogP) is 3.13. The zero-order chi connectivity index (χ0) is 23.0. The van der Waals surface area contributed by atoms with Crippen LogP contribution in [-0.2, 0) is 16.0 Å². The van der Waals surface area contributed by atoms with Gasteiger partial charge in [-0.25, -0.2) is 15.0 Å². The molecule has 33 heavy (non-hydrogen) atoms. The Bertz CT molecular complexity index is 1110. The number of fused-ring (bicyclic) bond motifs is 1. The maximum Gasteiger partial charge on any atom is 0.295 e. The molecule has 9 nitrogen and oxygen atoms in total. The molecule has 3 aromatic heterocycles. The molecule has 1 saturated heterocycles. The minimum absolute atomic E-state index is 0.188. The summed E-state index contributed by atoms with van der Waals surface area (Å²) in [5, 5.41) is 3.28. The van der Waals surface area contributed by atoms with Gasteiger partial charge >= 0.3 is 0 Å². The number of rotatable bonds is 10. The van der Waals surface area contributed by atoms with Crippen molar-refractivity contribution >= 4 is 17.0 Å². The van der Waals surface area contributed by atoms with Crippen LogP contribution in [0.2, 0.25) is 0 Å². The van der Waals surface area contributed by atoms with Gasteiger partial charge < -0.3 is 19.5 Å². The Labute approximate surface area is 193 Å². The SMILES string of the molecule is CCCOCCn1c(=O)c(NCC2CCOCC2)nc2ccc(-c3ccc(OC)nc3)nc21. The molecule has 0 spiro atoms. The summed E-state index contributed by atoms with van der Waals surface area (Å²) in [6, 6.07) is 7.46. The lowest BCUT2D eigenvalue weighted by Gasteiger charge is -2.22. The first kappa shape index (κ1) is 23.1. The van der Waals surface area contributed by atoms with E-state index in [0.717, 1.165) is 38.0 Å². The van der Waals surface area contributed by atoms with Gasteiger partial charge in [0.1, 0.15) is 5.52 Å². The molecule has 0 unspecified atom stereocenters. The molecule has 0 bridgehead atoms. The minimum Gasteiger partial charge on any atom is -0.481 e. The molecule has 0 saturated carbocycles. The lowest BCUT2D eigenvalue weighted by Crippen LogP contribution is -2.30. The molecule has 3 aromatic rings. The first-order chi connectivity index (χ1) is 16.2. The van der Waals surface area contributed by atoms with Crippen LogP contribution >= 0.6 is 0 Å². The van der Waals surface area contributed by atoms with E-state index in [0.29, 0.717) is 60.8 Å². The molecule has 0 aromatic carbocycles. The third-order valence-corrected chi connectivity index (χ3v) is 5.74. The van der Waals surface area contributed by atoms with Crippen LogP contribution in [0.25, 0.3) is 22.4 Å². The molecule has 0 radical (unpaired) electrons. The fourth-order valence-electron chi connectivity index (χ4n) is 3.85. The second-order valence-electron chi connectivity index (χ2n) is 8.09. The van der Waals surface area contributed by atoms with Crippen molar-refractivity contribution in [2.75, 3.05) is 45.4 Å². The largest absolute Gasteiger partial charge is 0.481 e. The van der Waals surface area contributed by atoms with E-state index in [-0.39, 0.29) is 5.56 Å². The Morgan fingerprint density at radius 3 is 2.73 bits per heavy atom. The Morgan fingerprint density at radius 2 is 2.00 bits per heavy atom. The number of nitrogens with zero attached hydrogens (tertiary/aromatic N) is 4. The Kier molecular flexibility index (Phi) is 7.85. The molecule has 4 heterocycles. The van der Waals surface area contributed by atoms with Crippen LogP contribution in [-0.4, -0.2) is 59.6 Å². The molecule has 176 valence electrons. The van der Waals surface area contributed by atoms with Crippen molar-refractivity contribution in [1.29, 1.82) is 0 Å².